The number of aromatic nitrogens is 3. The highest BCUT2D eigenvalue weighted by Gasteiger charge is 2.27. The Kier molecular flexibility index (Phi) is 1.17. The molecule has 0 aromatic carbocycles. The molecule has 0 unspecified atom stereocenters. The van der Waals surface area contributed by atoms with Crippen LogP contribution >= 0.6 is 0 Å². The average Bonchev–Trinajstić information content (AvgIpc) is 2.87. The molecule has 1 aliphatic carbocycles. The molecular weight excluding hydrogens is 164 g/mol. The maximum Gasteiger partial charge on any atom is 0.157 e. The van der Waals surface area contributed by atoms with Gasteiger partial charge in [0.05, 0.1) is 0 Å². The number of pyridine rings is 1. The lowest BCUT2D eigenvalue weighted by molar-refractivity contribution is 0.878. The Morgan fingerprint density at radius 3 is 3.08 bits per heavy atom. The van der Waals surface area contributed by atoms with Gasteiger partial charge in [0.15, 0.2) is 11.5 Å². The van der Waals surface area contributed by atoms with Gasteiger partial charge in [-0.25, -0.2) is 9.50 Å². The summed E-state index contributed by atoms with van der Waals surface area (Å²) in [5.74, 6) is 1.56. The lowest BCUT2D eigenvalue weighted by atomic mass is 10.4. The summed E-state index contributed by atoms with van der Waals surface area (Å²) >= 11 is 0. The van der Waals surface area contributed by atoms with Gasteiger partial charge in [0, 0.05) is 23.9 Å². The van der Waals surface area contributed by atoms with Gasteiger partial charge in [-0.2, -0.15) is 5.10 Å². The summed E-state index contributed by atoms with van der Waals surface area (Å²) in [6, 6.07) is 3.68. The predicted molar refractivity (Wildman–Crippen MR) is 49.4 cm³/mol. The number of hydrogen-bond acceptors (Lipinski definition) is 3. The lowest BCUT2D eigenvalue weighted by Gasteiger charge is -1.91. The van der Waals surface area contributed by atoms with Crippen LogP contribution < -0.4 is 5.73 Å². The molecular formula is C9H10N4. The summed E-state index contributed by atoms with van der Waals surface area (Å²) in [6.45, 7) is 0. The second kappa shape index (κ2) is 2.22. The zero-order chi connectivity index (χ0) is 8.84. The Bertz CT molecular complexity index is 456. The zero-order valence-electron chi connectivity index (χ0n) is 7.14. The molecule has 0 amide bonds. The minimum atomic E-state index is 0.598. The van der Waals surface area contributed by atoms with Crippen molar-refractivity contribution in [3.8, 4) is 0 Å². The monoisotopic (exact) mass is 174 g/mol. The molecule has 1 fully saturated rings. The van der Waals surface area contributed by atoms with E-state index in [0.717, 1.165) is 17.2 Å². The average molecular weight is 174 g/mol. The van der Waals surface area contributed by atoms with Crippen molar-refractivity contribution in [1.82, 2.24) is 14.6 Å². The second-order valence-electron chi connectivity index (χ2n) is 3.51. The molecule has 2 aromatic rings. The number of nitrogens with two attached hydrogens (primary N) is 1. The maximum atomic E-state index is 5.64. The third kappa shape index (κ3) is 1.06. The standard InChI is InChI=1S/C9H10N4/c10-7-3-4-13-8(5-7)11-9(12-13)6-1-2-6/h3-6H,1-2,10H2. The van der Waals surface area contributed by atoms with E-state index in [-0.39, 0.29) is 0 Å². The SMILES string of the molecule is Nc1ccn2nc(C3CC3)nc2c1. The maximum absolute atomic E-state index is 5.64. The molecule has 3 rings (SSSR count). The van der Waals surface area contributed by atoms with E-state index >= 15 is 0 Å². The van der Waals surface area contributed by atoms with Crippen LogP contribution in [0.15, 0.2) is 18.3 Å². The zero-order valence-corrected chi connectivity index (χ0v) is 7.14. The first kappa shape index (κ1) is 6.88. The first-order valence-electron chi connectivity index (χ1n) is 4.45. The number of nitrogen functional groups attached to an aromatic ring is 1. The van der Waals surface area contributed by atoms with Crippen molar-refractivity contribution in [2.24, 2.45) is 0 Å². The Labute approximate surface area is 75.4 Å². The predicted octanol–water partition coefficient (Wildman–Crippen LogP) is 1.19. The highest BCUT2D eigenvalue weighted by molar-refractivity contribution is 5.50. The Morgan fingerprint density at radius 2 is 2.31 bits per heavy atom. The summed E-state index contributed by atoms with van der Waals surface area (Å²) in [7, 11) is 0. The lowest BCUT2D eigenvalue weighted by Crippen LogP contribution is -1.90. The van der Waals surface area contributed by atoms with Crippen LogP contribution in [-0.4, -0.2) is 14.6 Å². The summed E-state index contributed by atoms with van der Waals surface area (Å²) in [4.78, 5) is 4.41. The van der Waals surface area contributed by atoms with Crippen LogP contribution in [0.1, 0.15) is 24.6 Å². The Morgan fingerprint density at radius 1 is 1.46 bits per heavy atom. The molecule has 66 valence electrons. The van der Waals surface area contributed by atoms with E-state index in [1.165, 1.54) is 12.8 Å². The largest absolute Gasteiger partial charge is 0.399 e. The van der Waals surface area contributed by atoms with Gasteiger partial charge in [0.25, 0.3) is 0 Å². The van der Waals surface area contributed by atoms with Crippen LogP contribution in [0.2, 0.25) is 0 Å². The molecule has 4 nitrogen and oxygen atoms in total. The van der Waals surface area contributed by atoms with E-state index in [1.54, 1.807) is 4.52 Å². The summed E-state index contributed by atoms with van der Waals surface area (Å²) in [5, 5.41) is 4.37. The second-order valence-corrected chi connectivity index (χ2v) is 3.51. The van der Waals surface area contributed by atoms with E-state index in [9.17, 15) is 0 Å². The van der Waals surface area contributed by atoms with Crippen molar-refractivity contribution in [2.45, 2.75) is 18.8 Å². The molecule has 0 spiro atoms. The topological polar surface area (TPSA) is 56.2 Å². The Hall–Kier alpha value is -1.58. The molecule has 2 heterocycles. The number of rotatable bonds is 1. The molecule has 0 radical (unpaired) electrons. The molecule has 2 aromatic heterocycles. The van der Waals surface area contributed by atoms with Gasteiger partial charge >= 0.3 is 0 Å². The van der Waals surface area contributed by atoms with Crippen molar-refractivity contribution >= 4 is 11.3 Å². The van der Waals surface area contributed by atoms with E-state index in [1.807, 2.05) is 18.3 Å². The quantitative estimate of drug-likeness (QED) is 0.706. The molecule has 2 N–H and O–H groups in total. The fraction of sp³-hybridized carbons (Fsp3) is 0.333. The fourth-order valence-corrected chi connectivity index (χ4v) is 1.43. The van der Waals surface area contributed by atoms with Gasteiger partial charge in [-0.15, -0.1) is 0 Å². The van der Waals surface area contributed by atoms with E-state index in [4.69, 9.17) is 5.73 Å². The van der Waals surface area contributed by atoms with Gasteiger partial charge in [-0.1, -0.05) is 0 Å². The molecule has 0 atom stereocenters. The molecule has 0 bridgehead atoms. The van der Waals surface area contributed by atoms with Crippen molar-refractivity contribution in [1.29, 1.82) is 0 Å². The number of nitrogens with zero attached hydrogens (tertiary/aromatic N) is 3. The first-order valence-corrected chi connectivity index (χ1v) is 4.45. The van der Waals surface area contributed by atoms with Crippen LogP contribution in [-0.2, 0) is 0 Å². The number of fused-ring (bicyclic) bond motifs is 1. The van der Waals surface area contributed by atoms with Crippen molar-refractivity contribution in [2.75, 3.05) is 5.73 Å². The van der Waals surface area contributed by atoms with Crippen molar-refractivity contribution < 1.29 is 0 Å². The number of hydrogen-bond donors (Lipinski definition) is 1. The molecule has 1 aliphatic rings. The Balaban J connectivity index is 2.20. The molecule has 0 saturated heterocycles. The molecule has 4 heteroatoms. The van der Waals surface area contributed by atoms with Gasteiger partial charge in [0.2, 0.25) is 0 Å². The summed E-state index contributed by atoms with van der Waals surface area (Å²) in [6.07, 6.45) is 4.31. The number of anilines is 1. The van der Waals surface area contributed by atoms with Gasteiger partial charge in [-0.3, -0.25) is 0 Å². The molecule has 13 heavy (non-hydrogen) atoms. The van der Waals surface area contributed by atoms with Crippen molar-refractivity contribution in [3.63, 3.8) is 0 Å². The van der Waals surface area contributed by atoms with E-state index < -0.39 is 0 Å². The van der Waals surface area contributed by atoms with Crippen LogP contribution in [0.4, 0.5) is 5.69 Å². The summed E-state index contributed by atoms with van der Waals surface area (Å²) < 4.78 is 1.78. The van der Waals surface area contributed by atoms with Gasteiger partial charge in [0.1, 0.15) is 0 Å². The fourth-order valence-electron chi connectivity index (χ4n) is 1.43. The van der Waals surface area contributed by atoms with Crippen LogP contribution in [0.25, 0.3) is 5.65 Å². The minimum absolute atomic E-state index is 0.598. The smallest absolute Gasteiger partial charge is 0.157 e. The summed E-state index contributed by atoms with van der Waals surface area (Å²) in [5.41, 5.74) is 7.23. The normalized spacial score (nSPS) is 16.6. The van der Waals surface area contributed by atoms with Gasteiger partial charge in [-0.05, 0) is 18.9 Å². The first-order chi connectivity index (χ1) is 6.33. The third-order valence-corrected chi connectivity index (χ3v) is 2.32. The molecule has 0 aliphatic heterocycles. The van der Waals surface area contributed by atoms with Crippen molar-refractivity contribution in [3.05, 3.63) is 24.2 Å². The third-order valence-electron chi connectivity index (χ3n) is 2.32. The van der Waals surface area contributed by atoms with E-state index in [0.29, 0.717) is 5.92 Å². The highest BCUT2D eigenvalue weighted by Crippen LogP contribution is 2.38. The van der Waals surface area contributed by atoms with Crippen LogP contribution in [0.5, 0.6) is 0 Å². The van der Waals surface area contributed by atoms with Crippen LogP contribution in [0.3, 0.4) is 0 Å². The highest BCUT2D eigenvalue weighted by atomic mass is 15.3. The molecule has 1 saturated carbocycles. The van der Waals surface area contributed by atoms with Crippen LogP contribution in [0, 0.1) is 0 Å². The van der Waals surface area contributed by atoms with E-state index in [2.05, 4.69) is 10.1 Å². The van der Waals surface area contributed by atoms with Gasteiger partial charge < -0.3 is 5.73 Å². The minimum Gasteiger partial charge on any atom is -0.399 e.